The number of nitrogens with one attached hydrogen (secondary N) is 1. The number of fused-ring (bicyclic) bond motifs is 1. The number of nitrogens with zero attached hydrogens (tertiary/aromatic N) is 2. The number of H-pyrrole nitrogens is 1. The van der Waals surface area contributed by atoms with Gasteiger partial charge in [-0.1, -0.05) is 23.7 Å². The number of rotatable bonds is 5. The Labute approximate surface area is 182 Å². The van der Waals surface area contributed by atoms with Gasteiger partial charge in [0.2, 0.25) is 0 Å². The fourth-order valence-electron chi connectivity index (χ4n) is 3.32. The molecule has 0 bridgehead atoms. The molecule has 0 aliphatic carbocycles. The number of hydrogen-bond donors (Lipinski definition) is 2. The van der Waals surface area contributed by atoms with Gasteiger partial charge in [0.25, 0.3) is 6.01 Å². The van der Waals surface area contributed by atoms with E-state index in [2.05, 4.69) is 9.97 Å². The van der Waals surface area contributed by atoms with Crippen LogP contribution >= 0.6 is 11.6 Å². The van der Waals surface area contributed by atoms with E-state index in [1.165, 1.54) is 12.1 Å². The van der Waals surface area contributed by atoms with Gasteiger partial charge >= 0.3 is 5.97 Å². The summed E-state index contributed by atoms with van der Waals surface area (Å²) in [6.45, 7) is 1.71. The third-order valence-electron chi connectivity index (χ3n) is 4.94. The van der Waals surface area contributed by atoms with Crippen LogP contribution in [0, 0.1) is 12.7 Å². The zero-order valence-electron chi connectivity index (χ0n) is 17.0. The highest BCUT2D eigenvalue weighted by Crippen LogP contribution is 2.34. The van der Waals surface area contributed by atoms with Crippen LogP contribution in [0.2, 0.25) is 5.02 Å². The number of aromatic nitrogens is 2. The quantitative estimate of drug-likeness (QED) is 0.405. The number of carbonyl (C=O) groups is 1. The number of ether oxygens (including phenoxy) is 1. The molecule has 1 aromatic heterocycles. The minimum Gasteiger partial charge on any atom is -0.478 e. The lowest BCUT2D eigenvalue weighted by molar-refractivity contribution is 0.0695. The van der Waals surface area contributed by atoms with Crippen LogP contribution in [0.3, 0.4) is 0 Å². The van der Waals surface area contributed by atoms with Gasteiger partial charge in [-0.2, -0.15) is 4.98 Å². The van der Waals surface area contributed by atoms with E-state index in [0.717, 1.165) is 0 Å². The first kappa shape index (κ1) is 20.7. The van der Waals surface area contributed by atoms with Gasteiger partial charge in [0.1, 0.15) is 11.6 Å². The van der Waals surface area contributed by atoms with E-state index in [4.69, 9.17) is 16.3 Å². The summed E-state index contributed by atoms with van der Waals surface area (Å²) in [6.07, 6.45) is 0. The molecule has 158 valence electrons. The Kier molecular flexibility index (Phi) is 5.29. The summed E-state index contributed by atoms with van der Waals surface area (Å²) in [4.78, 5) is 20.5. The van der Waals surface area contributed by atoms with Gasteiger partial charge in [-0.15, -0.1) is 0 Å². The number of aromatic carboxylic acids is 1. The number of hydrogen-bond acceptors (Lipinski definition) is 4. The van der Waals surface area contributed by atoms with Crippen molar-refractivity contribution < 1.29 is 19.0 Å². The minimum atomic E-state index is -1.03. The highest BCUT2D eigenvalue weighted by Gasteiger charge is 2.14. The first-order valence-corrected chi connectivity index (χ1v) is 9.79. The molecule has 31 heavy (non-hydrogen) atoms. The van der Waals surface area contributed by atoms with Crippen molar-refractivity contribution in [2.75, 3.05) is 19.0 Å². The van der Waals surface area contributed by atoms with Crippen molar-refractivity contribution in [2.24, 2.45) is 0 Å². The summed E-state index contributed by atoms with van der Waals surface area (Å²) in [7, 11) is 3.55. The SMILES string of the molecule is Cc1ccc(Oc2nc3cc(-c4ccc(N(C)C)c(F)c4)c(Cl)cc3[nH]2)cc1C(=O)O. The van der Waals surface area contributed by atoms with Gasteiger partial charge in [0, 0.05) is 19.7 Å². The second kappa shape index (κ2) is 7.92. The zero-order chi connectivity index (χ0) is 22.3. The first-order chi connectivity index (χ1) is 14.7. The van der Waals surface area contributed by atoms with Gasteiger partial charge in [-0.25, -0.2) is 9.18 Å². The summed E-state index contributed by atoms with van der Waals surface area (Å²) in [6, 6.07) is 13.4. The molecular weight excluding hydrogens is 421 g/mol. The van der Waals surface area contributed by atoms with Crippen LogP contribution in [0.5, 0.6) is 11.8 Å². The summed E-state index contributed by atoms with van der Waals surface area (Å²) < 4.78 is 20.1. The molecule has 2 N–H and O–H groups in total. The van der Waals surface area contributed by atoms with Crippen molar-refractivity contribution in [3.8, 4) is 22.9 Å². The molecule has 0 aliphatic rings. The standard InChI is InChI=1S/C23H19ClFN3O3/c1-12-4-6-14(9-15(12)22(29)30)31-23-26-19-10-16(17(24)11-20(19)27-23)13-5-7-21(28(2)3)18(25)8-13/h4-11H,1-3H3,(H,26,27)(H,29,30). The molecule has 4 aromatic rings. The molecule has 6 nitrogen and oxygen atoms in total. The molecule has 0 saturated heterocycles. The molecule has 0 radical (unpaired) electrons. The lowest BCUT2D eigenvalue weighted by Crippen LogP contribution is -2.10. The Hall–Kier alpha value is -3.58. The fraction of sp³-hybridized carbons (Fsp3) is 0.130. The fourth-order valence-corrected chi connectivity index (χ4v) is 3.59. The molecule has 0 atom stereocenters. The maximum atomic E-state index is 14.4. The van der Waals surface area contributed by atoms with E-state index in [0.29, 0.717) is 44.2 Å². The predicted molar refractivity (Wildman–Crippen MR) is 119 cm³/mol. The Balaban J connectivity index is 1.69. The van der Waals surface area contributed by atoms with Gasteiger partial charge < -0.3 is 19.7 Å². The molecule has 4 rings (SSSR count). The second-order valence-corrected chi connectivity index (χ2v) is 7.74. The first-order valence-electron chi connectivity index (χ1n) is 9.41. The Morgan fingerprint density at radius 3 is 2.61 bits per heavy atom. The number of carboxylic acids is 1. The van der Waals surface area contributed by atoms with Gasteiger partial charge in [0.05, 0.1) is 27.3 Å². The van der Waals surface area contributed by atoms with Crippen molar-refractivity contribution in [3.05, 3.63) is 70.5 Å². The normalized spacial score (nSPS) is 11.0. The number of carboxylic acid groups (broad SMARTS) is 1. The zero-order valence-corrected chi connectivity index (χ0v) is 17.8. The average Bonchev–Trinajstić information content (AvgIpc) is 3.09. The maximum Gasteiger partial charge on any atom is 0.336 e. The van der Waals surface area contributed by atoms with E-state index < -0.39 is 5.97 Å². The van der Waals surface area contributed by atoms with E-state index in [-0.39, 0.29) is 17.4 Å². The van der Waals surface area contributed by atoms with E-state index in [1.54, 1.807) is 62.3 Å². The minimum absolute atomic E-state index is 0.155. The van der Waals surface area contributed by atoms with Crippen molar-refractivity contribution in [2.45, 2.75) is 6.92 Å². The lowest BCUT2D eigenvalue weighted by Gasteiger charge is -2.14. The Morgan fingerprint density at radius 1 is 1.16 bits per heavy atom. The number of halogens is 2. The van der Waals surface area contributed by atoms with Gasteiger partial charge in [-0.05, 0) is 54.4 Å². The van der Waals surface area contributed by atoms with Crippen LogP contribution in [0.1, 0.15) is 15.9 Å². The monoisotopic (exact) mass is 439 g/mol. The third-order valence-corrected chi connectivity index (χ3v) is 5.26. The van der Waals surface area contributed by atoms with Crippen LogP contribution in [0.4, 0.5) is 10.1 Å². The number of imidazole rings is 1. The predicted octanol–water partition coefficient (Wildman–Crippen LogP) is 5.89. The molecule has 0 spiro atoms. The Bertz CT molecular complexity index is 1320. The third kappa shape index (κ3) is 4.04. The second-order valence-electron chi connectivity index (χ2n) is 7.34. The topological polar surface area (TPSA) is 78.5 Å². The highest BCUT2D eigenvalue weighted by molar-refractivity contribution is 6.34. The smallest absolute Gasteiger partial charge is 0.336 e. The largest absolute Gasteiger partial charge is 0.478 e. The molecule has 8 heteroatoms. The maximum absolute atomic E-state index is 14.4. The Morgan fingerprint density at radius 2 is 1.94 bits per heavy atom. The van der Waals surface area contributed by atoms with Gasteiger partial charge in [0.15, 0.2) is 0 Å². The lowest BCUT2D eigenvalue weighted by atomic mass is 10.0. The highest BCUT2D eigenvalue weighted by atomic mass is 35.5. The van der Waals surface area contributed by atoms with E-state index in [9.17, 15) is 14.3 Å². The molecule has 0 aliphatic heterocycles. The molecule has 0 amide bonds. The van der Waals surface area contributed by atoms with Crippen LogP contribution in [-0.2, 0) is 0 Å². The van der Waals surface area contributed by atoms with E-state index >= 15 is 0 Å². The van der Waals surface area contributed by atoms with Crippen molar-refractivity contribution in [1.82, 2.24) is 9.97 Å². The van der Waals surface area contributed by atoms with Crippen LogP contribution in [-0.4, -0.2) is 35.1 Å². The summed E-state index contributed by atoms with van der Waals surface area (Å²) in [5.41, 5.74) is 3.76. The number of aromatic amines is 1. The molecule has 1 heterocycles. The van der Waals surface area contributed by atoms with Crippen molar-refractivity contribution >= 4 is 34.3 Å². The average molecular weight is 440 g/mol. The van der Waals surface area contributed by atoms with Crippen molar-refractivity contribution in [1.29, 1.82) is 0 Å². The number of anilines is 1. The molecular formula is C23H19ClFN3O3. The summed E-state index contributed by atoms with van der Waals surface area (Å²) in [5.74, 6) is -1.04. The molecule has 0 unspecified atom stereocenters. The van der Waals surface area contributed by atoms with Crippen LogP contribution in [0.25, 0.3) is 22.2 Å². The number of aryl methyl sites for hydroxylation is 1. The van der Waals surface area contributed by atoms with Crippen molar-refractivity contribution in [3.63, 3.8) is 0 Å². The summed E-state index contributed by atoms with van der Waals surface area (Å²) in [5, 5.41) is 9.72. The van der Waals surface area contributed by atoms with Crippen LogP contribution < -0.4 is 9.64 Å². The summed E-state index contributed by atoms with van der Waals surface area (Å²) >= 11 is 6.45. The van der Waals surface area contributed by atoms with Gasteiger partial charge in [-0.3, -0.25) is 0 Å². The molecule has 0 fully saturated rings. The number of benzene rings is 3. The molecule has 0 saturated carbocycles. The van der Waals surface area contributed by atoms with E-state index in [1.807, 2.05) is 0 Å². The molecule has 3 aromatic carbocycles. The van der Waals surface area contributed by atoms with Crippen LogP contribution in [0.15, 0.2) is 48.5 Å².